The molecular weight excluding hydrogens is 338 g/mol. The number of halogens is 1. The highest BCUT2D eigenvalue weighted by Crippen LogP contribution is 2.26. The van der Waals surface area contributed by atoms with Gasteiger partial charge in [-0.05, 0) is 36.8 Å². The molecule has 118 valence electrons. The Kier molecular flexibility index (Phi) is 5.25. The van der Waals surface area contributed by atoms with Crippen LogP contribution in [0.15, 0.2) is 42.5 Å². The van der Waals surface area contributed by atoms with Crippen molar-refractivity contribution in [1.82, 2.24) is 5.32 Å². The summed E-state index contributed by atoms with van der Waals surface area (Å²) in [7, 11) is 0. The van der Waals surface area contributed by atoms with E-state index < -0.39 is 4.92 Å². The number of non-ortho nitro benzene ring substituents is 1. The van der Waals surface area contributed by atoms with Gasteiger partial charge in [-0.1, -0.05) is 29.8 Å². The smallest absolute Gasteiger partial charge is 0.271 e. The van der Waals surface area contributed by atoms with Gasteiger partial charge in [-0.15, -0.1) is 0 Å². The van der Waals surface area contributed by atoms with Crippen LogP contribution in [-0.2, 0) is 0 Å². The zero-order chi connectivity index (χ0) is 17.0. The molecular formula is C15H12ClN3O3S. The van der Waals surface area contributed by atoms with Crippen molar-refractivity contribution in [3.63, 3.8) is 0 Å². The fourth-order valence-electron chi connectivity index (χ4n) is 1.87. The number of carbonyl (C=O) groups is 1. The van der Waals surface area contributed by atoms with Gasteiger partial charge in [-0.3, -0.25) is 20.2 Å². The van der Waals surface area contributed by atoms with Gasteiger partial charge >= 0.3 is 0 Å². The van der Waals surface area contributed by atoms with E-state index in [9.17, 15) is 14.9 Å². The minimum atomic E-state index is -0.548. The molecule has 0 unspecified atom stereocenters. The summed E-state index contributed by atoms with van der Waals surface area (Å²) in [5.41, 5.74) is 1.57. The summed E-state index contributed by atoms with van der Waals surface area (Å²) in [5.74, 6) is -0.348. The van der Waals surface area contributed by atoms with Crippen molar-refractivity contribution < 1.29 is 9.72 Å². The summed E-state index contributed by atoms with van der Waals surface area (Å²) in [6.07, 6.45) is 0. The number of hydrogen-bond donors (Lipinski definition) is 2. The van der Waals surface area contributed by atoms with E-state index in [1.54, 1.807) is 12.1 Å². The standard InChI is InChI=1S/C15H12ClN3O3S/c1-9-4-2-3-5-11(9)14(20)18-15(23)17-13-7-6-10(19(21)22)8-12(13)16/h2-8H,1H3,(H2,17,18,20,23). The molecule has 0 saturated carbocycles. The maximum Gasteiger partial charge on any atom is 0.271 e. The van der Waals surface area contributed by atoms with E-state index >= 15 is 0 Å². The average Bonchev–Trinajstić information content (AvgIpc) is 2.49. The number of hydrogen-bond acceptors (Lipinski definition) is 4. The largest absolute Gasteiger partial charge is 0.331 e. The Hall–Kier alpha value is -2.51. The summed E-state index contributed by atoms with van der Waals surface area (Å²) < 4.78 is 0. The van der Waals surface area contributed by atoms with Crippen LogP contribution in [0.5, 0.6) is 0 Å². The van der Waals surface area contributed by atoms with E-state index in [1.807, 2.05) is 19.1 Å². The van der Waals surface area contributed by atoms with Crippen molar-refractivity contribution in [2.45, 2.75) is 6.92 Å². The Morgan fingerprint density at radius 1 is 1.26 bits per heavy atom. The molecule has 0 heterocycles. The van der Waals surface area contributed by atoms with Gasteiger partial charge < -0.3 is 5.32 Å². The fourth-order valence-corrected chi connectivity index (χ4v) is 2.30. The van der Waals surface area contributed by atoms with Gasteiger partial charge in [0.05, 0.1) is 15.6 Å². The lowest BCUT2D eigenvalue weighted by atomic mass is 10.1. The Morgan fingerprint density at radius 3 is 2.57 bits per heavy atom. The molecule has 0 radical (unpaired) electrons. The number of carbonyl (C=O) groups excluding carboxylic acids is 1. The van der Waals surface area contributed by atoms with Crippen LogP contribution in [-0.4, -0.2) is 15.9 Å². The van der Waals surface area contributed by atoms with Crippen molar-refractivity contribution >= 4 is 46.2 Å². The van der Waals surface area contributed by atoms with Crippen LogP contribution >= 0.6 is 23.8 Å². The quantitative estimate of drug-likeness (QED) is 0.501. The van der Waals surface area contributed by atoms with Gasteiger partial charge in [0.1, 0.15) is 0 Å². The predicted octanol–water partition coefficient (Wildman–Crippen LogP) is 3.68. The van der Waals surface area contributed by atoms with Gasteiger partial charge in [-0.25, -0.2) is 0 Å². The highest BCUT2D eigenvalue weighted by Gasteiger charge is 2.13. The number of rotatable bonds is 3. The average molecular weight is 350 g/mol. The van der Waals surface area contributed by atoms with Crippen molar-refractivity contribution in [1.29, 1.82) is 0 Å². The van der Waals surface area contributed by atoms with Gasteiger partial charge in [0.2, 0.25) is 0 Å². The van der Waals surface area contributed by atoms with E-state index in [0.717, 1.165) is 5.56 Å². The minimum absolute atomic E-state index is 0.0500. The second-order valence-corrected chi connectivity index (χ2v) is 5.46. The molecule has 2 N–H and O–H groups in total. The third kappa shape index (κ3) is 4.24. The zero-order valence-corrected chi connectivity index (χ0v) is 13.6. The van der Waals surface area contributed by atoms with Gasteiger partial charge in [0, 0.05) is 17.7 Å². The number of nitro benzene ring substituents is 1. The first-order valence-electron chi connectivity index (χ1n) is 6.50. The Labute approximate surface area is 142 Å². The van der Waals surface area contributed by atoms with Crippen molar-refractivity contribution in [2.75, 3.05) is 5.32 Å². The summed E-state index contributed by atoms with van der Waals surface area (Å²) in [4.78, 5) is 22.3. The molecule has 6 nitrogen and oxygen atoms in total. The predicted molar refractivity (Wildman–Crippen MR) is 93.0 cm³/mol. The lowest BCUT2D eigenvalue weighted by molar-refractivity contribution is -0.384. The number of amides is 1. The van der Waals surface area contributed by atoms with Crippen LogP contribution in [0.25, 0.3) is 0 Å². The molecule has 8 heteroatoms. The third-order valence-corrected chi connectivity index (χ3v) is 3.55. The number of anilines is 1. The van der Waals surface area contributed by atoms with Crippen LogP contribution in [0.1, 0.15) is 15.9 Å². The maximum absolute atomic E-state index is 12.1. The highest BCUT2D eigenvalue weighted by molar-refractivity contribution is 7.80. The number of nitrogens with one attached hydrogen (secondary N) is 2. The molecule has 2 aromatic rings. The van der Waals surface area contributed by atoms with Crippen LogP contribution in [0.2, 0.25) is 5.02 Å². The van der Waals surface area contributed by atoms with Crippen LogP contribution in [0.4, 0.5) is 11.4 Å². The summed E-state index contributed by atoms with van der Waals surface area (Å²) >= 11 is 11.0. The highest BCUT2D eigenvalue weighted by atomic mass is 35.5. The van der Waals surface area contributed by atoms with Crippen LogP contribution < -0.4 is 10.6 Å². The number of benzene rings is 2. The van der Waals surface area contributed by atoms with E-state index in [1.165, 1.54) is 18.2 Å². The Balaban J connectivity index is 2.07. The molecule has 0 spiro atoms. The first kappa shape index (κ1) is 16.9. The molecule has 2 aromatic carbocycles. The summed E-state index contributed by atoms with van der Waals surface area (Å²) in [5, 5.41) is 16.1. The summed E-state index contributed by atoms with van der Waals surface area (Å²) in [6.45, 7) is 1.82. The summed E-state index contributed by atoms with van der Waals surface area (Å²) in [6, 6.07) is 11.0. The van der Waals surface area contributed by atoms with Gasteiger partial charge in [-0.2, -0.15) is 0 Å². The molecule has 0 aromatic heterocycles. The van der Waals surface area contributed by atoms with Crippen molar-refractivity contribution in [2.24, 2.45) is 0 Å². The van der Waals surface area contributed by atoms with Gasteiger partial charge in [0.25, 0.3) is 11.6 Å². The maximum atomic E-state index is 12.1. The fraction of sp³-hybridized carbons (Fsp3) is 0.0667. The second-order valence-electron chi connectivity index (χ2n) is 4.64. The van der Waals surface area contributed by atoms with Crippen molar-refractivity contribution in [3.05, 3.63) is 68.7 Å². The van der Waals surface area contributed by atoms with Crippen molar-refractivity contribution in [3.8, 4) is 0 Å². The molecule has 0 bridgehead atoms. The lowest BCUT2D eigenvalue weighted by Crippen LogP contribution is -2.34. The second kappa shape index (κ2) is 7.17. The van der Waals surface area contributed by atoms with Gasteiger partial charge in [0.15, 0.2) is 5.11 Å². The molecule has 0 aliphatic rings. The number of thiocarbonyl (C=S) groups is 1. The topological polar surface area (TPSA) is 84.3 Å². The van der Waals surface area contributed by atoms with E-state index in [0.29, 0.717) is 11.3 Å². The SMILES string of the molecule is Cc1ccccc1C(=O)NC(=S)Nc1ccc([N+](=O)[O-])cc1Cl. The van der Waals surface area contributed by atoms with E-state index in [4.69, 9.17) is 23.8 Å². The molecule has 0 saturated heterocycles. The monoisotopic (exact) mass is 349 g/mol. The first-order chi connectivity index (χ1) is 10.9. The number of aryl methyl sites for hydroxylation is 1. The molecule has 1 amide bonds. The van der Waals surface area contributed by atoms with E-state index in [2.05, 4.69) is 10.6 Å². The van der Waals surface area contributed by atoms with Crippen LogP contribution in [0, 0.1) is 17.0 Å². The van der Waals surface area contributed by atoms with Crippen LogP contribution in [0.3, 0.4) is 0 Å². The lowest BCUT2D eigenvalue weighted by Gasteiger charge is -2.11. The third-order valence-electron chi connectivity index (χ3n) is 3.03. The Morgan fingerprint density at radius 2 is 1.96 bits per heavy atom. The zero-order valence-electron chi connectivity index (χ0n) is 12.0. The molecule has 2 rings (SSSR count). The first-order valence-corrected chi connectivity index (χ1v) is 7.29. The number of nitro groups is 1. The van der Waals surface area contributed by atoms with E-state index in [-0.39, 0.29) is 21.7 Å². The molecule has 0 atom stereocenters. The number of nitrogens with zero attached hydrogens (tertiary/aromatic N) is 1. The minimum Gasteiger partial charge on any atom is -0.331 e. The normalized spacial score (nSPS) is 10.0. The molecule has 0 fully saturated rings. The molecule has 0 aliphatic carbocycles. The Bertz CT molecular complexity index is 795. The molecule has 23 heavy (non-hydrogen) atoms. The molecule has 0 aliphatic heterocycles.